The molecule has 2 aromatic carbocycles. The summed E-state index contributed by atoms with van der Waals surface area (Å²) < 4.78 is 25.1. The standard InChI is InChI=1S/C17H17N3O7S/c1-11-3-8-14(20(24)25)9-15(11)19(28(2,26)27)10-16(21)18-13-6-4-12(5-7-13)17(22)23/h3-9H,10H2,1-2H3,(H,18,21)(H,22,23). The Morgan fingerprint density at radius 3 is 2.29 bits per heavy atom. The number of sulfonamides is 1. The molecular formula is C17H17N3O7S. The van der Waals surface area contributed by atoms with Crippen LogP contribution in [0.4, 0.5) is 17.1 Å². The number of nitrogens with one attached hydrogen (secondary N) is 1. The maximum atomic E-state index is 12.3. The number of nitro benzene ring substituents is 1. The second-order valence-corrected chi connectivity index (χ2v) is 7.84. The van der Waals surface area contributed by atoms with Crippen LogP contribution in [0.2, 0.25) is 0 Å². The monoisotopic (exact) mass is 407 g/mol. The van der Waals surface area contributed by atoms with Gasteiger partial charge in [-0.05, 0) is 36.8 Å². The van der Waals surface area contributed by atoms with E-state index in [1.807, 2.05) is 0 Å². The number of benzene rings is 2. The molecule has 0 aliphatic rings. The number of carbonyl (C=O) groups is 2. The number of nitrogens with zero attached hydrogens (tertiary/aromatic N) is 2. The summed E-state index contributed by atoms with van der Waals surface area (Å²) in [6, 6.07) is 9.03. The van der Waals surface area contributed by atoms with Crippen molar-refractivity contribution in [2.75, 3.05) is 22.4 Å². The summed E-state index contributed by atoms with van der Waals surface area (Å²) in [5, 5.41) is 22.3. The van der Waals surface area contributed by atoms with Gasteiger partial charge in [0.2, 0.25) is 15.9 Å². The second-order valence-electron chi connectivity index (χ2n) is 5.93. The second kappa shape index (κ2) is 8.05. The normalized spacial score (nSPS) is 10.9. The van der Waals surface area contributed by atoms with E-state index >= 15 is 0 Å². The molecule has 2 N–H and O–H groups in total. The summed E-state index contributed by atoms with van der Waals surface area (Å²) >= 11 is 0. The number of hydrogen-bond donors (Lipinski definition) is 2. The van der Waals surface area contributed by atoms with Crippen LogP contribution in [0.5, 0.6) is 0 Å². The molecule has 0 unspecified atom stereocenters. The van der Waals surface area contributed by atoms with Crippen molar-refractivity contribution >= 4 is 39.0 Å². The van der Waals surface area contributed by atoms with Crippen molar-refractivity contribution in [3.8, 4) is 0 Å². The molecule has 11 heteroatoms. The van der Waals surface area contributed by atoms with Crippen molar-refractivity contribution in [2.45, 2.75) is 6.92 Å². The van der Waals surface area contributed by atoms with Crippen molar-refractivity contribution in [1.29, 1.82) is 0 Å². The third-order valence-electron chi connectivity index (χ3n) is 3.78. The Labute approximate surface area is 160 Å². The highest BCUT2D eigenvalue weighted by Gasteiger charge is 2.24. The first-order chi connectivity index (χ1) is 13.0. The SMILES string of the molecule is Cc1ccc([N+](=O)[O-])cc1N(CC(=O)Nc1ccc(C(=O)O)cc1)S(C)(=O)=O. The van der Waals surface area contributed by atoms with Crippen LogP contribution in [-0.2, 0) is 14.8 Å². The van der Waals surface area contributed by atoms with Gasteiger partial charge in [-0.3, -0.25) is 19.2 Å². The van der Waals surface area contributed by atoms with Crippen LogP contribution in [0.3, 0.4) is 0 Å². The molecule has 0 saturated heterocycles. The Morgan fingerprint density at radius 1 is 1.18 bits per heavy atom. The molecule has 0 saturated carbocycles. The Hall–Kier alpha value is -3.47. The fourth-order valence-electron chi connectivity index (χ4n) is 2.39. The van der Waals surface area contributed by atoms with E-state index < -0.39 is 33.4 Å². The minimum absolute atomic E-state index is 0.0214. The number of carboxylic acid groups (broad SMARTS) is 1. The molecule has 0 radical (unpaired) electrons. The van der Waals surface area contributed by atoms with Gasteiger partial charge in [0.05, 0.1) is 22.4 Å². The minimum Gasteiger partial charge on any atom is -0.478 e. The lowest BCUT2D eigenvalue weighted by molar-refractivity contribution is -0.384. The predicted octanol–water partition coefficient (Wildman–Crippen LogP) is 2.01. The van der Waals surface area contributed by atoms with E-state index in [1.165, 1.54) is 36.4 Å². The van der Waals surface area contributed by atoms with E-state index in [0.717, 1.165) is 16.6 Å². The molecule has 0 atom stereocenters. The zero-order valence-corrected chi connectivity index (χ0v) is 15.8. The molecule has 2 aromatic rings. The lowest BCUT2D eigenvalue weighted by atomic mass is 10.2. The first kappa shape index (κ1) is 20.8. The van der Waals surface area contributed by atoms with Gasteiger partial charge < -0.3 is 10.4 Å². The maximum absolute atomic E-state index is 12.3. The van der Waals surface area contributed by atoms with Crippen LogP contribution >= 0.6 is 0 Å². The van der Waals surface area contributed by atoms with E-state index in [9.17, 15) is 28.1 Å². The predicted molar refractivity (Wildman–Crippen MR) is 102 cm³/mol. The summed E-state index contributed by atoms with van der Waals surface area (Å²) in [7, 11) is -3.92. The summed E-state index contributed by atoms with van der Waals surface area (Å²) in [6.45, 7) is 0.960. The Bertz CT molecular complexity index is 1030. The van der Waals surface area contributed by atoms with Gasteiger partial charge in [-0.15, -0.1) is 0 Å². The van der Waals surface area contributed by atoms with E-state index in [-0.39, 0.29) is 22.6 Å². The van der Waals surface area contributed by atoms with E-state index in [0.29, 0.717) is 5.56 Å². The van der Waals surface area contributed by atoms with E-state index in [1.54, 1.807) is 6.92 Å². The largest absolute Gasteiger partial charge is 0.478 e. The minimum atomic E-state index is -3.92. The van der Waals surface area contributed by atoms with Crippen LogP contribution in [0.25, 0.3) is 0 Å². The van der Waals surface area contributed by atoms with E-state index in [4.69, 9.17) is 5.11 Å². The first-order valence-corrected chi connectivity index (χ1v) is 9.70. The van der Waals surface area contributed by atoms with Gasteiger partial charge >= 0.3 is 5.97 Å². The number of nitro groups is 1. The fraction of sp³-hybridized carbons (Fsp3) is 0.176. The molecular weight excluding hydrogens is 390 g/mol. The van der Waals surface area contributed by atoms with Crippen LogP contribution in [0.1, 0.15) is 15.9 Å². The maximum Gasteiger partial charge on any atom is 0.335 e. The van der Waals surface area contributed by atoms with Crippen LogP contribution in [0.15, 0.2) is 42.5 Å². The molecule has 0 fully saturated rings. The molecule has 1 amide bonds. The molecule has 0 aliphatic carbocycles. The summed E-state index contributed by atoms with van der Waals surface area (Å²) in [6.07, 6.45) is 0.889. The zero-order valence-electron chi connectivity index (χ0n) is 14.9. The van der Waals surface area contributed by atoms with Crippen molar-refractivity contribution < 1.29 is 28.0 Å². The Kier molecular flexibility index (Phi) is 5.99. The molecule has 10 nitrogen and oxygen atoms in total. The van der Waals surface area contributed by atoms with Gasteiger partial charge in [0.1, 0.15) is 6.54 Å². The molecule has 0 aliphatic heterocycles. The number of rotatable bonds is 7. The van der Waals surface area contributed by atoms with Gasteiger partial charge in [0.25, 0.3) is 5.69 Å². The molecule has 0 aromatic heterocycles. The number of non-ortho nitro benzene ring substituents is 1. The topological polar surface area (TPSA) is 147 Å². The number of aromatic carboxylic acids is 1. The summed E-state index contributed by atoms with van der Waals surface area (Å²) in [4.78, 5) is 33.5. The third kappa shape index (κ3) is 5.04. The average Bonchev–Trinajstić information content (AvgIpc) is 2.59. The van der Waals surface area contributed by atoms with Gasteiger partial charge in [0.15, 0.2) is 0 Å². The summed E-state index contributed by atoms with van der Waals surface area (Å²) in [5.74, 6) is -1.82. The average molecular weight is 407 g/mol. The lowest BCUT2D eigenvalue weighted by Crippen LogP contribution is -2.37. The van der Waals surface area contributed by atoms with Crippen LogP contribution in [0, 0.1) is 17.0 Å². The van der Waals surface area contributed by atoms with Crippen molar-refractivity contribution in [2.24, 2.45) is 0 Å². The zero-order chi connectivity index (χ0) is 21.1. The highest BCUT2D eigenvalue weighted by Crippen LogP contribution is 2.27. The number of anilines is 2. The summed E-state index contributed by atoms with van der Waals surface area (Å²) in [5.41, 5.74) is 0.462. The fourth-order valence-corrected chi connectivity index (χ4v) is 3.29. The highest BCUT2D eigenvalue weighted by molar-refractivity contribution is 7.92. The molecule has 148 valence electrons. The number of carbonyl (C=O) groups excluding carboxylic acids is 1. The molecule has 0 heterocycles. The lowest BCUT2D eigenvalue weighted by Gasteiger charge is -2.23. The van der Waals surface area contributed by atoms with Crippen molar-refractivity contribution in [3.63, 3.8) is 0 Å². The van der Waals surface area contributed by atoms with Crippen molar-refractivity contribution in [3.05, 3.63) is 63.7 Å². The molecule has 0 bridgehead atoms. The number of amides is 1. The van der Waals surface area contributed by atoms with Gasteiger partial charge in [-0.25, -0.2) is 13.2 Å². The quantitative estimate of drug-likeness (QED) is 0.527. The highest BCUT2D eigenvalue weighted by atomic mass is 32.2. The Morgan fingerprint density at radius 2 is 1.79 bits per heavy atom. The molecule has 0 spiro atoms. The van der Waals surface area contributed by atoms with Gasteiger partial charge in [-0.2, -0.15) is 0 Å². The van der Waals surface area contributed by atoms with Gasteiger partial charge in [0, 0.05) is 17.8 Å². The number of hydrogen-bond acceptors (Lipinski definition) is 6. The first-order valence-electron chi connectivity index (χ1n) is 7.85. The van der Waals surface area contributed by atoms with Gasteiger partial charge in [-0.1, -0.05) is 6.07 Å². The Balaban J connectivity index is 2.28. The third-order valence-corrected chi connectivity index (χ3v) is 4.90. The molecule has 28 heavy (non-hydrogen) atoms. The molecule has 2 rings (SSSR count). The smallest absolute Gasteiger partial charge is 0.335 e. The number of carboxylic acids is 1. The number of aryl methyl sites for hydroxylation is 1. The van der Waals surface area contributed by atoms with E-state index in [2.05, 4.69) is 5.32 Å². The van der Waals surface area contributed by atoms with Crippen LogP contribution < -0.4 is 9.62 Å². The van der Waals surface area contributed by atoms with Crippen LogP contribution in [-0.4, -0.2) is 43.1 Å². The van der Waals surface area contributed by atoms with Crippen molar-refractivity contribution in [1.82, 2.24) is 0 Å².